The molecular formula is C18H21F3N4O2. The first kappa shape index (κ1) is 20.3. The summed E-state index contributed by atoms with van der Waals surface area (Å²) in [4.78, 5) is 7.91. The lowest BCUT2D eigenvalue weighted by Gasteiger charge is -2.15. The van der Waals surface area contributed by atoms with Crippen LogP contribution in [0.4, 0.5) is 13.2 Å². The molecule has 1 aromatic carbocycles. The van der Waals surface area contributed by atoms with Crippen LogP contribution in [0.5, 0.6) is 11.6 Å². The molecule has 0 aliphatic heterocycles. The van der Waals surface area contributed by atoms with Gasteiger partial charge in [0.25, 0.3) is 0 Å². The summed E-state index contributed by atoms with van der Waals surface area (Å²) in [5, 5.41) is 6.06. The van der Waals surface area contributed by atoms with E-state index in [1.165, 1.54) is 6.20 Å². The van der Waals surface area contributed by atoms with Gasteiger partial charge in [-0.15, -0.1) is 0 Å². The van der Waals surface area contributed by atoms with Crippen LogP contribution in [-0.2, 0) is 6.54 Å². The van der Waals surface area contributed by atoms with E-state index < -0.39 is 12.8 Å². The van der Waals surface area contributed by atoms with Gasteiger partial charge in [0.15, 0.2) is 12.6 Å². The number of halogens is 3. The number of ether oxygens (including phenoxy) is 2. The minimum Gasteiger partial charge on any atom is -0.492 e. The van der Waals surface area contributed by atoms with Crippen LogP contribution in [0.15, 0.2) is 53.7 Å². The maximum atomic E-state index is 12.3. The fourth-order valence-electron chi connectivity index (χ4n) is 2.09. The zero-order chi connectivity index (χ0) is 19.5. The first-order chi connectivity index (χ1) is 13.0. The van der Waals surface area contributed by atoms with Gasteiger partial charge in [-0.05, 0) is 18.2 Å². The highest BCUT2D eigenvalue weighted by atomic mass is 19.4. The van der Waals surface area contributed by atoms with Crippen LogP contribution in [0.3, 0.4) is 0 Å². The Morgan fingerprint density at radius 2 is 1.85 bits per heavy atom. The van der Waals surface area contributed by atoms with Gasteiger partial charge in [-0.1, -0.05) is 24.3 Å². The highest BCUT2D eigenvalue weighted by molar-refractivity contribution is 5.79. The van der Waals surface area contributed by atoms with Gasteiger partial charge in [-0.3, -0.25) is 4.99 Å². The van der Waals surface area contributed by atoms with E-state index in [4.69, 9.17) is 9.47 Å². The van der Waals surface area contributed by atoms with Gasteiger partial charge < -0.3 is 20.1 Å². The third-order valence-electron chi connectivity index (χ3n) is 3.30. The highest BCUT2D eigenvalue weighted by Crippen LogP contribution is 2.19. The van der Waals surface area contributed by atoms with Crippen molar-refractivity contribution in [2.24, 2.45) is 4.99 Å². The molecule has 1 aromatic heterocycles. The molecule has 2 N–H and O–H groups in total. The number of para-hydroxylation sites is 1. The molecule has 0 aliphatic carbocycles. The molecule has 0 radical (unpaired) electrons. The molecule has 0 amide bonds. The van der Waals surface area contributed by atoms with E-state index in [0.717, 1.165) is 5.75 Å². The number of guanidine groups is 1. The summed E-state index contributed by atoms with van der Waals surface area (Å²) in [6, 6.07) is 12.7. The summed E-state index contributed by atoms with van der Waals surface area (Å²) in [5.41, 5.74) is 0.491. The molecule has 6 nitrogen and oxygen atoms in total. The summed E-state index contributed by atoms with van der Waals surface area (Å²) in [6.45, 7) is -0.252. The smallest absolute Gasteiger partial charge is 0.422 e. The lowest BCUT2D eigenvalue weighted by atomic mass is 10.2. The molecular weight excluding hydrogens is 361 g/mol. The average molecular weight is 382 g/mol. The number of nitrogens with one attached hydrogen (secondary N) is 2. The topological polar surface area (TPSA) is 67.8 Å². The first-order valence-electron chi connectivity index (χ1n) is 8.24. The summed E-state index contributed by atoms with van der Waals surface area (Å²) in [5.74, 6) is 1.19. The number of aliphatic imine (C=N–C) groups is 1. The Kier molecular flexibility index (Phi) is 7.72. The van der Waals surface area contributed by atoms with Gasteiger partial charge in [-0.2, -0.15) is 13.2 Å². The zero-order valence-electron chi connectivity index (χ0n) is 14.8. The van der Waals surface area contributed by atoms with Crippen LogP contribution in [-0.4, -0.2) is 43.9 Å². The quantitative estimate of drug-likeness (QED) is 0.418. The summed E-state index contributed by atoms with van der Waals surface area (Å²) < 4.78 is 47.3. The van der Waals surface area contributed by atoms with Crippen LogP contribution < -0.4 is 20.1 Å². The van der Waals surface area contributed by atoms with Crippen molar-refractivity contribution >= 4 is 5.96 Å². The molecule has 1 heterocycles. The number of alkyl halides is 3. The van der Waals surface area contributed by atoms with Gasteiger partial charge in [0.2, 0.25) is 5.88 Å². The molecule has 0 unspecified atom stereocenters. The highest BCUT2D eigenvalue weighted by Gasteiger charge is 2.29. The van der Waals surface area contributed by atoms with E-state index in [2.05, 4.69) is 20.6 Å². The minimum absolute atomic E-state index is 0.0646. The molecule has 2 rings (SSSR count). The van der Waals surface area contributed by atoms with Crippen molar-refractivity contribution < 1.29 is 22.6 Å². The van der Waals surface area contributed by atoms with Crippen LogP contribution in [0, 0.1) is 0 Å². The Balaban J connectivity index is 1.78. The Labute approximate surface area is 155 Å². The standard InChI is InChI=1S/C18H21F3N4O2/c1-22-17(24-10-11-26-15-7-3-2-4-8-15)25-12-14-6-5-9-23-16(14)27-13-18(19,20)21/h2-9H,10-13H2,1H3,(H2,22,24,25). The van der Waals surface area contributed by atoms with Gasteiger partial charge in [0.05, 0.1) is 6.54 Å². The van der Waals surface area contributed by atoms with E-state index in [1.807, 2.05) is 30.3 Å². The molecule has 146 valence electrons. The Hall–Kier alpha value is -2.97. The third kappa shape index (κ3) is 7.85. The Morgan fingerprint density at radius 1 is 1.07 bits per heavy atom. The first-order valence-corrected chi connectivity index (χ1v) is 8.24. The minimum atomic E-state index is -4.42. The lowest BCUT2D eigenvalue weighted by Crippen LogP contribution is -2.39. The number of nitrogens with zero attached hydrogens (tertiary/aromatic N) is 2. The van der Waals surface area contributed by atoms with Gasteiger partial charge in [-0.25, -0.2) is 4.98 Å². The van der Waals surface area contributed by atoms with Crippen molar-refractivity contribution in [3.8, 4) is 11.6 Å². The van der Waals surface area contributed by atoms with E-state index in [0.29, 0.717) is 24.7 Å². The lowest BCUT2D eigenvalue weighted by molar-refractivity contribution is -0.154. The van der Waals surface area contributed by atoms with Crippen molar-refractivity contribution in [1.82, 2.24) is 15.6 Å². The molecule has 0 atom stereocenters. The Bertz CT molecular complexity index is 724. The van der Waals surface area contributed by atoms with Crippen LogP contribution >= 0.6 is 0 Å². The SMILES string of the molecule is CN=C(NCCOc1ccccc1)NCc1cccnc1OCC(F)(F)F. The number of hydrogen-bond donors (Lipinski definition) is 2. The zero-order valence-corrected chi connectivity index (χ0v) is 14.8. The van der Waals surface area contributed by atoms with Crippen LogP contribution in [0.25, 0.3) is 0 Å². The molecule has 0 saturated heterocycles. The predicted octanol–water partition coefficient (Wildman–Crippen LogP) is 2.77. The summed E-state index contributed by atoms with van der Waals surface area (Å²) in [7, 11) is 1.59. The number of aromatic nitrogens is 1. The molecule has 0 bridgehead atoms. The largest absolute Gasteiger partial charge is 0.492 e. The second-order valence-electron chi connectivity index (χ2n) is 5.39. The van der Waals surface area contributed by atoms with E-state index in [1.54, 1.807) is 19.2 Å². The number of pyridine rings is 1. The Morgan fingerprint density at radius 3 is 2.56 bits per heavy atom. The van der Waals surface area contributed by atoms with E-state index in [9.17, 15) is 13.2 Å². The molecule has 2 aromatic rings. The predicted molar refractivity (Wildman–Crippen MR) is 95.9 cm³/mol. The molecule has 9 heteroatoms. The maximum Gasteiger partial charge on any atom is 0.422 e. The van der Waals surface area contributed by atoms with Crippen molar-refractivity contribution in [2.45, 2.75) is 12.7 Å². The number of rotatable bonds is 8. The van der Waals surface area contributed by atoms with Crippen LogP contribution in [0.1, 0.15) is 5.56 Å². The summed E-state index contributed by atoms with van der Waals surface area (Å²) >= 11 is 0. The van der Waals surface area contributed by atoms with Crippen molar-refractivity contribution in [2.75, 3.05) is 26.8 Å². The number of hydrogen-bond acceptors (Lipinski definition) is 4. The van der Waals surface area contributed by atoms with Gasteiger partial charge >= 0.3 is 6.18 Å². The molecule has 0 aliphatic rings. The molecule has 0 saturated carbocycles. The van der Waals surface area contributed by atoms with E-state index in [-0.39, 0.29) is 12.4 Å². The van der Waals surface area contributed by atoms with Crippen molar-refractivity contribution in [3.05, 3.63) is 54.2 Å². The monoisotopic (exact) mass is 382 g/mol. The third-order valence-corrected chi connectivity index (χ3v) is 3.30. The molecule has 0 fully saturated rings. The second-order valence-corrected chi connectivity index (χ2v) is 5.39. The van der Waals surface area contributed by atoms with E-state index >= 15 is 0 Å². The second kappa shape index (κ2) is 10.2. The molecule has 0 spiro atoms. The van der Waals surface area contributed by atoms with Crippen LogP contribution in [0.2, 0.25) is 0 Å². The fourth-order valence-corrected chi connectivity index (χ4v) is 2.09. The van der Waals surface area contributed by atoms with Crippen molar-refractivity contribution in [3.63, 3.8) is 0 Å². The molecule has 27 heavy (non-hydrogen) atoms. The number of benzene rings is 1. The average Bonchev–Trinajstić information content (AvgIpc) is 2.66. The van der Waals surface area contributed by atoms with Crippen molar-refractivity contribution in [1.29, 1.82) is 0 Å². The summed E-state index contributed by atoms with van der Waals surface area (Å²) in [6.07, 6.45) is -3.04. The normalized spacial score (nSPS) is 11.8. The van der Waals surface area contributed by atoms with Gasteiger partial charge in [0, 0.05) is 25.4 Å². The maximum absolute atomic E-state index is 12.3. The fraction of sp³-hybridized carbons (Fsp3) is 0.333. The van der Waals surface area contributed by atoms with Gasteiger partial charge in [0.1, 0.15) is 12.4 Å².